The first kappa shape index (κ1) is 23.8. The highest BCUT2D eigenvalue weighted by molar-refractivity contribution is 5.79. The van der Waals surface area contributed by atoms with Crippen LogP contribution in [0.25, 0.3) is 11.1 Å². The number of carbonyl (C=O) groups excluding carboxylic acids is 2. The number of carboxylic acid groups (broad SMARTS) is 1. The summed E-state index contributed by atoms with van der Waals surface area (Å²) in [7, 11) is 0. The molecule has 2 N–H and O–H groups in total. The van der Waals surface area contributed by atoms with Crippen molar-refractivity contribution in [1.82, 2.24) is 10.2 Å². The molecule has 1 saturated heterocycles. The molecular formula is C27H32N2O5. The highest BCUT2D eigenvalue weighted by atomic mass is 16.5. The maximum Gasteiger partial charge on any atom is 0.407 e. The number of fused-ring (bicyclic) bond motifs is 3. The van der Waals surface area contributed by atoms with Crippen molar-refractivity contribution in [3.8, 4) is 11.1 Å². The van der Waals surface area contributed by atoms with Gasteiger partial charge in [-0.05, 0) is 54.9 Å². The van der Waals surface area contributed by atoms with Gasteiger partial charge in [0.05, 0.1) is 6.42 Å². The second-order valence-electron chi connectivity index (χ2n) is 9.24. The largest absolute Gasteiger partial charge is 0.481 e. The van der Waals surface area contributed by atoms with Gasteiger partial charge in [0.25, 0.3) is 0 Å². The molecule has 2 aliphatic rings. The van der Waals surface area contributed by atoms with E-state index in [9.17, 15) is 14.4 Å². The summed E-state index contributed by atoms with van der Waals surface area (Å²) in [5.41, 5.74) is 4.68. The summed E-state index contributed by atoms with van der Waals surface area (Å²) in [4.78, 5) is 38.0. The van der Waals surface area contributed by atoms with E-state index in [0.29, 0.717) is 13.0 Å². The summed E-state index contributed by atoms with van der Waals surface area (Å²) < 4.78 is 5.58. The van der Waals surface area contributed by atoms with Crippen molar-refractivity contribution >= 4 is 18.0 Å². The standard InChI is InChI=1S/C27H32N2O5/c1-18(13-14-25(30)29-15-7-6-8-19(29)16-26(31)32)28-27(33)34-17-24-22-11-4-2-9-20(22)21-10-3-5-12-23(21)24/h2-5,9-12,18-19,24H,6-8,13-17H2,1H3,(H,28,33)(H,31,32). The molecule has 1 fully saturated rings. The Kier molecular flexibility index (Phi) is 7.50. The predicted molar refractivity (Wildman–Crippen MR) is 129 cm³/mol. The van der Waals surface area contributed by atoms with E-state index >= 15 is 0 Å². The highest BCUT2D eigenvalue weighted by Crippen LogP contribution is 2.44. The zero-order chi connectivity index (χ0) is 24.1. The van der Waals surface area contributed by atoms with Gasteiger partial charge in [0, 0.05) is 31.0 Å². The van der Waals surface area contributed by atoms with Crippen molar-refractivity contribution in [2.24, 2.45) is 0 Å². The van der Waals surface area contributed by atoms with Crippen molar-refractivity contribution in [2.75, 3.05) is 13.2 Å². The van der Waals surface area contributed by atoms with Gasteiger partial charge < -0.3 is 20.1 Å². The number of hydrogen-bond acceptors (Lipinski definition) is 4. The summed E-state index contributed by atoms with van der Waals surface area (Å²) in [6.07, 6.45) is 2.80. The third-order valence-electron chi connectivity index (χ3n) is 6.86. The monoisotopic (exact) mass is 464 g/mol. The van der Waals surface area contributed by atoms with Crippen LogP contribution in [0.1, 0.15) is 62.5 Å². The number of nitrogens with one attached hydrogen (secondary N) is 1. The molecule has 1 aliphatic carbocycles. The zero-order valence-corrected chi connectivity index (χ0v) is 19.5. The smallest absolute Gasteiger partial charge is 0.407 e. The van der Waals surface area contributed by atoms with Gasteiger partial charge in [-0.3, -0.25) is 9.59 Å². The molecule has 0 radical (unpaired) electrons. The Morgan fingerprint density at radius 1 is 1.06 bits per heavy atom. The van der Waals surface area contributed by atoms with Gasteiger partial charge in [-0.1, -0.05) is 48.5 Å². The van der Waals surface area contributed by atoms with Gasteiger partial charge in [0.2, 0.25) is 5.91 Å². The highest BCUT2D eigenvalue weighted by Gasteiger charge is 2.30. The molecule has 0 bridgehead atoms. The number of alkyl carbamates (subject to hydrolysis) is 1. The summed E-state index contributed by atoms with van der Waals surface area (Å²) in [6, 6.07) is 15.9. The summed E-state index contributed by atoms with van der Waals surface area (Å²) >= 11 is 0. The van der Waals surface area contributed by atoms with Crippen LogP contribution in [-0.2, 0) is 14.3 Å². The molecule has 2 unspecified atom stereocenters. The Labute approximate surface area is 200 Å². The Balaban J connectivity index is 1.26. The van der Waals surface area contributed by atoms with Gasteiger partial charge in [-0.15, -0.1) is 0 Å². The zero-order valence-electron chi connectivity index (χ0n) is 19.5. The van der Waals surface area contributed by atoms with Crippen LogP contribution in [0.2, 0.25) is 0 Å². The summed E-state index contributed by atoms with van der Waals surface area (Å²) in [6.45, 7) is 2.70. The molecule has 7 heteroatoms. The second-order valence-corrected chi connectivity index (χ2v) is 9.24. The first-order valence-corrected chi connectivity index (χ1v) is 12.1. The van der Waals surface area contributed by atoms with Crippen LogP contribution in [0.3, 0.4) is 0 Å². The minimum atomic E-state index is -0.880. The van der Waals surface area contributed by atoms with Crippen LogP contribution >= 0.6 is 0 Å². The molecule has 34 heavy (non-hydrogen) atoms. The van der Waals surface area contributed by atoms with E-state index < -0.39 is 12.1 Å². The van der Waals surface area contributed by atoms with Gasteiger partial charge in [0.15, 0.2) is 0 Å². The number of piperidine rings is 1. The third-order valence-corrected chi connectivity index (χ3v) is 6.86. The lowest BCUT2D eigenvalue weighted by Gasteiger charge is -2.35. The number of nitrogens with zero attached hydrogens (tertiary/aromatic N) is 1. The predicted octanol–water partition coefficient (Wildman–Crippen LogP) is 4.55. The van der Waals surface area contributed by atoms with E-state index in [1.54, 1.807) is 4.90 Å². The van der Waals surface area contributed by atoms with Gasteiger partial charge in [-0.2, -0.15) is 0 Å². The van der Waals surface area contributed by atoms with E-state index in [2.05, 4.69) is 29.6 Å². The quantitative estimate of drug-likeness (QED) is 0.598. The number of carboxylic acids is 1. The SMILES string of the molecule is CC(CCC(=O)N1CCCCC1CC(=O)O)NC(=O)OCC1c2ccccc2-c2ccccc21. The number of likely N-dealkylation sites (tertiary alicyclic amines) is 1. The molecule has 0 spiro atoms. The van der Waals surface area contributed by atoms with Crippen molar-refractivity contribution in [3.63, 3.8) is 0 Å². The molecule has 7 nitrogen and oxygen atoms in total. The number of hydrogen-bond donors (Lipinski definition) is 2. The van der Waals surface area contributed by atoms with Crippen LogP contribution in [0.4, 0.5) is 4.79 Å². The molecule has 2 atom stereocenters. The Bertz CT molecular complexity index is 1010. The topological polar surface area (TPSA) is 95.9 Å². The normalized spacial score (nSPS) is 18.0. The number of carbonyl (C=O) groups is 3. The number of rotatable bonds is 8. The minimum absolute atomic E-state index is 0.000282. The van der Waals surface area contributed by atoms with Crippen LogP contribution in [-0.4, -0.2) is 53.2 Å². The van der Waals surface area contributed by atoms with Gasteiger partial charge >= 0.3 is 12.1 Å². The maximum atomic E-state index is 12.7. The average Bonchev–Trinajstić information content (AvgIpc) is 3.15. The molecule has 0 aromatic heterocycles. The van der Waals surface area contributed by atoms with E-state index in [1.807, 2.05) is 31.2 Å². The van der Waals surface area contributed by atoms with Crippen molar-refractivity contribution in [2.45, 2.75) is 63.5 Å². The molecule has 1 aliphatic heterocycles. The summed E-state index contributed by atoms with van der Waals surface area (Å²) in [5.74, 6) is -0.928. The lowest BCUT2D eigenvalue weighted by molar-refractivity contribution is -0.142. The fourth-order valence-corrected chi connectivity index (χ4v) is 5.14. The number of amides is 2. The molecule has 0 saturated carbocycles. The molecular weight excluding hydrogens is 432 g/mol. The maximum absolute atomic E-state index is 12.7. The van der Waals surface area contributed by atoms with E-state index in [1.165, 1.54) is 11.1 Å². The Hall–Kier alpha value is -3.35. The molecule has 2 amide bonds. The molecule has 2 aromatic carbocycles. The number of benzene rings is 2. The first-order valence-electron chi connectivity index (χ1n) is 12.1. The van der Waals surface area contributed by atoms with Crippen LogP contribution in [0.15, 0.2) is 48.5 Å². The fraction of sp³-hybridized carbons (Fsp3) is 0.444. The van der Waals surface area contributed by atoms with Gasteiger partial charge in [-0.25, -0.2) is 4.79 Å². The Morgan fingerprint density at radius 2 is 1.71 bits per heavy atom. The van der Waals surface area contributed by atoms with Crippen LogP contribution < -0.4 is 5.32 Å². The second kappa shape index (κ2) is 10.7. The molecule has 4 rings (SSSR count). The molecule has 1 heterocycles. The number of ether oxygens (including phenoxy) is 1. The lowest BCUT2D eigenvalue weighted by Crippen LogP contribution is -2.45. The third kappa shape index (κ3) is 5.41. The average molecular weight is 465 g/mol. The first-order chi connectivity index (χ1) is 16.4. The van der Waals surface area contributed by atoms with Gasteiger partial charge in [0.1, 0.15) is 6.61 Å². The van der Waals surface area contributed by atoms with Crippen LogP contribution in [0, 0.1) is 0 Å². The van der Waals surface area contributed by atoms with E-state index in [4.69, 9.17) is 9.84 Å². The summed E-state index contributed by atoms with van der Waals surface area (Å²) in [5, 5.41) is 11.9. The van der Waals surface area contributed by atoms with Crippen molar-refractivity contribution < 1.29 is 24.2 Å². The minimum Gasteiger partial charge on any atom is -0.481 e. The number of aliphatic carboxylic acids is 1. The van der Waals surface area contributed by atoms with E-state index in [0.717, 1.165) is 30.4 Å². The van der Waals surface area contributed by atoms with Crippen molar-refractivity contribution in [3.05, 3.63) is 59.7 Å². The molecule has 2 aromatic rings. The molecule has 180 valence electrons. The van der Waals surface area contributed by atoms with Crippen molar-refractivity contribution in [1.29, 1.82) is 0 Å². The Morgan fingerprint density at radius 3 is 2.35 bits per heavy atom. The lowest BCUT2D eigenvalue weighted by atomic mass is 9.98. The fourth-order valence-electron chi connectivity index (χ4n) is 5.14. The van der Waals surface area contributed by atoms with E-state index in [-0.39, 0.29) is 43.4 Å². The van der Waals surface area contributed by atoms with Crippen LogP contribution in [0.5, 0.6) is 0 Å².